The summed E-state index contributed by atoms with van der Waals surface area (Å²) in [6.45, 7) is 3.94. The van der Waals surface area contributed by atoms with E-state index in [4.69, 9.17) is 44.3 Å². The predicted octanol–water partition coefficient (Wildman–Crippen LogP) is 7.19. The van der Waals surface area contributed by atoms with Crippen molar-refractivity contribution in [1.82, 2.24) is 15.2 Å². The second kappa shape index (κ2) is 15.7. The number of hydrogen-bond donors (Lipinski definition) is 2. The molecule has 4 aromatic rings. The maximum absolute atomic E-state index is 12.1. The summed E-state index contributed by atoms with van der Waals surface area (Å²) in [6, 6.07) is 29.8. The highest BCUT2D eigenvalue weighted by molar-refractivity contribution is 6.76. The minimum Gasteiger partial charge on any atom is -0.392 e. The number of carbonyl (C=O) groups excluding carboxylic acids is 1. The maximum Gasteiger partial charge on any atom is 0.272 e. The van der Waals surface area contributed by atoms with Crippen molar-refractivity contribution in [3.63, 3.8) is 0 Å². The quantitative estimate of drug-likeness (QED) is 0.163. The number of likely N-dealkylation sites (N-methyl/N-ethyl adjacent to an activating group) is 1. The Morgan fingerprint density at radius 3 is 2.30 bits per heavy atom. The molecule has 2 heterocycles. The van der Waals surface area contributed by atoms with Crippen LogP contribution in [-0.2, 0) is 33.8 Å². The minimum absolute atomic E-state index is 0.00840. The number of alkyl halides is 3. The average Bonchev–Trinajstić information content (AvgIpc) is 3.07. The first-order valence-corrected chi connectivity index (χ1v) is 16.4. The van der Waals surface area contributed by atoms with E-state index in [0.29, 0.717) is 0 Å². The van der Waals surface area contributed by atoms with Gasteiger partial charge in [-0.15, -0.1) is 0 Å². The number of aliphatic hydroxyl groups is 1. The number of aromatic nitrogens is 1. The molecule has 1 aromatic heterocycles. The van der Waals surface area contributed by atoms with Crippen molar-refractivity contribution in [2.24, 2.45) is 5.92 Å². The van der Waals surface area contributed by atoms with Crippen LogP contribution in [0, 0.1) is 5.92 Å². The molecule has 1 saturated heterocycles. The van der Waals surface area contributed by atoms with Gasteiger partial charge in [-0.1, -0.05) is 121 Å². The lowest BCUT2D eigenvalue weighted by atomic mass is 9.90. The molecule has 0 spiro atoms. The van der Waals surface area contributed by atoms with E-state index in [2.05, 4.69) is 29.2 Å². The smallest absolute Gasteiger partial charge is 0.272 e. The number of nitrogens with zero attached hydrogens (tertiary/aromatic N) is 2. The predicted molar refractivity (Wildman–Crippen MR) is 182 cm³/mol. The van der Waals surface area contributed by atoms with Crippen molar-refractivity contribution in [3.8, 4) is 11.1 Å². The molecule has 3 aromatic carbocycles. The summed E-state index contributed by atoms with van der Waals surface area (Å²) in [4.78, 5) is 18.9. The van der Waals surface area contributed by atoms with Crippen molar-refractivity contribution >= 4 is 40.7 Å². The van der Waals surface area contributed by atoms with Crippen molar-refractivity contribution < 1.29 is 19.4 Å². The van der Waals surface area contributed by atoms with Crippen molar-refractivity contribution in [2.75, 3.05) is 20.1 Å². The molecule has 0 bridgehead atoms. The number of aliphatic hydroxyl groups excluding tert-OH is 1. The Kier molecular flexibility index (Phi) is 11.7. The molecule has 5 rings (SSSR count). The highest BCUT2D eigenvalue weighted by Crippen LogP contribution is 2.42. The molecule has 10 heteroatoms. The first kappa shape index (κ1) is 34.3. The van der Waals surface area contributed by atoms with E-state index in [1.54, 1.807) is 0 Å². The number of ether oxygens (including phenoxy) is 2. The van der Waals surface area contributed by atoms with Crippen LogP contribution in [0.15, 0.2) is 97.2 Å². The summed E-state index contributed by atoms with van der Waals surface area (Å²) in [5, 5.41) is 12.3. The molecule has 7 nitrogen and oxygen atoms in total. The Balaban J connectivity index is 1.34. The summed E-state index contributed by atoms with van der Waals surface area (Å²) >= 11 is 17.2. The van der Waals surface area contributed by atoms with Gasteiger partial charge in [0.1, 0.15) is 0 Å². The SMILES string of the molecule is C[C@H]1[C@@H](CN(C)CCc2ccccn2)O[C@@H](c2ccc(-c3ccccc3CNC(=O)C(Cl)(Cl)Cl)cc2)O[C@H]1c1ccc(CO)cc1. The molecule has 1 aliphatic heterocycles. The van der Waals surface area contributed by atoms with Crippen molar-refractivity contribution in [3.05, 3.63) is 125 Å². The molecule has 0 saturated carbocycles. The third kappa shape index (κ3) is 8.87. The number of nitrogens with one attached hydrogen (secondary N) is 1. The van der Waals surface area contributed by atoms with Gasteiger partial charge in [-0.3, -0.25) is 9.78 Å². The fourth-order valence-corrected chi connectivity index (χ4v) is 5.83. The molecule has 0 unspecified atom stereocenters. The standard InChI is InChI=1S/C36H38Cl3N3O4/c1-24-32(22-42(2)20-18-30-8-5-6-19-40-30)45-34(46-33(24)27-12-10-25(23-43)11-13-27)28-16-14-26(15-17-28)31-9-4-3-7-29(31)21-41-35(44)36(37,38)39/h3-17,19,24,32-34,43H,18,20-23H2,1-2H3,(H,41,44)/t24-,32+,33+,34+/m0/s1. The summed E-state index contributed by atoms with van der Waals surface area (Å²) in [6.07, 6.45) is 1.78. The number of amides is 1. The first-order chi connectivity index (χ1) is 22.1. The number of carbonyl (C=O) groups is 1. The molecule has 1 aliphatic rings. The largest absolute Gasteiger partial charge is 0.392 e. The van der Waals surface area contributed by atoms with Crippen LogP contribution in [0.25, 0.3) is 11.1 Å². The Morgan fingerprint density at radius 1 is 0.935 bits per heavy atom. The van der Waals surface area contributed by atoms with Gasteiger partial charge >= 0.3 is 0 Å². The van der Waals surface area contributed by atoms with E-state index in [-0.39, 0.29) is 31.3 Å². The van der Waals surface area contributed by atoms with E-state index in [1.807, 2.05) is 97.2 Å². The van der Waals surface area contributed by atoms with Gasteiger partial charge < -0.3 is 24.8 Å². The topological polar surface area (TPSA) is 83.9 Å². The summed E-state index contributed by atoms with van der Waals surface area (Å²) in [5.74, 6) is -0.608. The maximum atomic E-state index is 12.1. The molecule has 46 heavy (non-hydrogen) atoms. The van der Waals surface area contributed by atoms with E-state index in [0.717, 1.165) is 58.6 Å². The van der Waals surface area contributed by atoms with Gasteiger partial charge in [-0.05, 0) is 47.0 Å². The van der Waals surface area contributed by atoms with Crippen molar-refractivity contribution in [2.45, 2.75) is 48.8 Å². The Bertz CT molecular complexity index is 1570. The van der Waals surface area contributed by atoms with Gasteiger partial charge in [0.2, 0.25) is 0 Å². The normalized spacial score (nSPS) is 20.1. The summed E-state index contributed by atoms with van der Waals surface area (Å²) in [7, 11) is 2.11. The molecule has 242 valence electrons. The molecule has 0 radical (unpaired) electrons. The van der Waals surface area contributed by atoms with Crippen LogP contribution >= 0.6 is 34.8 Å². The van der Waals surface area contributed by atoms with Crippen LogP contribution < -0.4 is 5.32 Å². The third-order valence-corrected chi connectivity index (χ3v) is 8.81. The van der Waals surface area contributed by atoms with E-state index in [1.165, 1.54) is 0 Å². The van der Waals surface area contributed by atoms with E-state index < -0.39 is 16.0 Å². The Labute approximate surface area is 285 Å². The van der Waals surface area contributed by atoms with Crippen LogP contribution in [-0.4, -0.2) is 50.9 Å². The van der Waals surface area contributed by atoms with Crippen LogP contribution in [0.2, 0.25) is 0 Å². The Morgan fingerprint density at radius 2 is 1.63 bits per heavy atom. The number of benzene rings is 3. The van der Waals surface area contributed by atoms with Gasteiger partial charge in [0.25, 0.3) is 9.70 Å². The number of halogens is 3. The summed E-state index contributed by atoms with van der Waals surface area (Å²) < 4.78 is 11.3. The summed E-state index contributed by atoms with van der Waals surface area (Å²) in [5.41, 5.74) is 6.66. The molecular weight excluding hydrogens is 645 g/mol. The molecule has 2 N–H and O–H groups in total. The minimum atomic E-state index is -2.03. The van der Waals surface area contributed by atoms with Gasteiger partial charge in [-0.25, -0.2) is 0 Å². The van der Waals surface area contributed by atoms with E-state index in [9.17, 15) is 9.90 Å². The molecule has 0 aliphatic carbocycles. The average molecular weight is 683 g/mol. The van der Waals surface area contributed by atoms with Crippen molar-refractivity contribution in [1.29, 1.82) is 0 Å². The number of pyridine rings is 1. The zero-order valence-corrected chi connectivity index (χ0v) is 28.1. The molecular formula is C36H38Cl3N3O4. The van der Waals surface area contributed by atoms with E-state index >= 15 is 0 Å². The highest BCUT2D eigenvalue weighted by atomic mass is 35.6. The second-order valence-electron chi connectivity index (χ2n) is 11.6. The third-order valence-electron chi connectivity index (χ3n) is 8.30. The van der Waals surface area contributed by atoms with Gasteiger partial charge in [-0.2, -0.15) is 0 Å². The highest BCUT2D eigenvalue weighted by Gasteiger charge is 2.39. The van der Waals surface area contributed by atoms with Gasteiger partial charge in [0.05, 0.1) is 18.8 Å². The fraction of sp³-hybridized carbons (Fsp3) is 0.333. The van der Waals surface area contributed by atoms with Crippen LogP contribution in [0.5, 0.6) is 0 Å². The molecule has 1 fully saturated rings. The Hall–Kier alpha value is -3.01. The van der Waals surface area contributed by atoms with Crippen LogP contribution in [0.3, 0.4) is 0 Å². The van der Waals surface area contributed by atoms with Gasteiger partial charge in [0.15, 0.2) is 6.29 Å². The molecule has 4 atom stereocenters. The molecule has 1 amide bonds. The van der Waals surface area contributed by atoms with Gasteiger partial charge in [0, 0.05) is 49.4 Å². The van der Waals surface area contributed by atoms with Crippen LogP contribution in [0.1, 0.15) is 47.3 Å². The zero-order valence-electron chi connectivity index (χ0n) is 25.8. The number of rotatable bonds is 11. The lowest BCUT2D eigenvalue weighted by molar-refractivity contribution is -0.275. The zero-order chi connectivity index (χ0) is 32.7. The lowest BCUT2D eigenvalue weighted by Gasteiger charge is -2.42. The first-order valence-electron chi connectivity index (χ1n) is 15.2. The van der Waals surface area contributed by atoms with Crippen LogP contribution in [0.4, 0.5) is 0 Å². The number of hydrogen-bond acceptors (Lipinski definition) is 6. The fourth-order valence-electron chi connectivity index (χ4n) is 5.63. The monoisotopic (exact) mass is 681 g/mol. The second-order valence-corrected chi connectivity index (χ2v) is 13.9. The lowest BCUT2D eigenvalue weighted by Crippen LogP contribution is -2.43.